The minimum atomic E-state index is -5.08. The van der Waals surface area contributed by atoms with Gasteiger partial charge in [0.2, 0.25) is 5.88 Å². The molecule has 2 aliphatic rings. The van der Waals surface area contributed by atoms with Crippen LogP contribution in [0, 0.1) is 17.2 Å². The Morgan fingerprint density at radius 2 is 1.74 bits per heavy atom. The Morgan fingerprint density at radius 3 is 2.23 bits per heavy atom. The van der Waals surface area contributed by atoms with E-state index >= 15 is 0 Å². The molecule has 3 rings (SSSR count). The Bertz CT molecular complexity index is 723. The Labute approximate surface area is 170 Å². The van der Waals surface area contributed by atoms with Crippen molar-refractivity contribution in [1.82, 2.24) is 10.3 Å². The monoisotopic (exact) mass is 466 g/mol. The lowest BCUT2D eigenvalue weighted by atomic mass is 9.82. The quantitative estimate of drug-likeness (QED) is 0.580. The highest BCUT2D eigenvalue weighted by molar-refractivity contribution is 5.73. The van der Waals surface area contributed by atoms with Crippen molar-refractivity contribution < 1.29 is 60.0 Å². The number of carboxylic acid groups (broad SMARTS) is 2. The molecule has 0 aliphatic carbocycles. The second-order valence-electron chi connectivity index (χ2n) is 6.39. The number of carbonyl (C=O) groups is 2. The fourth-order valence-corrected chi connectivity index (χ4v) is 2.57. The van der Waals surface area contributed by atoms with Gasteiger partial charge in [0.05, 0.1) is 19.8 Å². The van der Waals surface area contributed by atoms with Gasteiger partial charge in [0.25, 0.3) is 0 Å². The standard InChI is InChI=1S/C12H15FN2O2.2C2HF3O2/c13-10-2-1-3-15-11(10)17-8-12-6-14-4-9(12)5-16-7-12;2*3-2(4,5)1(6)7/h1-3,9,14H,4-8H2;2*(H,6,7)/t9-,12+;;/m1../s1. The molecule has 0 amide bonds. The highest BCUT2D eigenvalue weighted by Crippen LogP contribution is 2.37. The molecule has 0 spiro atoms. The third-order valence-electron chi connectivity index (χ3n) is 4.15. The first-order valence-electron chi connectivity index (χ1n) is 8.31. The summed E-state index contributed by atoms with van der Waals surface area (Å²) in [6.07, 6.45) is -8.63. The van der Waals surface area contributed by atoms with E-state index in [9.17, 15) is 30.7 Å². The molecule has 15 heteroatoms. The highest BCUT2D eigenvalue weighted by atomic mass is 19.4. The summed E-state index contributed by atoms with van der Waals surface area (Å²) < 4.78 is 87.9. The zero-order valence-corrected chi connectivity index (χ0v) is 15.5. The molecule has 3 heterocycles. The second-order valence-corrected chi connectivity index (χ2v) is 6.39. The number of carboxylic acids is 2. The molecular formula is C16H17F7N2O6. The summed E-state index contributed by atoms with van der Waals surface area (Å²) in [4.78, 5) is 21.7. The number of nitrogens with zero attached hydrogens (tertiary/aromatic N) is 1. The third kappa shape index (κ3) is 8.16. The van der Waals surface area contributed by atoms with E-state index in [1.165, 1.54) is 12.3 Å². The van der Waals surface area contributed by atoms with Crippen molar-refractivity contribution in [1.29, 1.82) is 0 Å². The Balaban J connectivity index is 0.000000288. The van der Waals surface area contributed by atoms with Crippen molar-refractivity contribution in [3.8, 4) is 5.88 Å². The van der Waals surface area contributed by atoms with Gasteiger partial charge in [-0.3, -0.25) is 0 Å². The zero-order chi connectivity index (χ0) is 23.9. The van der Waals surface area contributed by atoms with Crippen molar-refractivity contribution in [2.24, 2.45) is 11.3 Å². The topological polar surface area (TPSA) is 118 Å². The number of halogens is 7. The highest BCUT2D eigenvalue weighted by Gasteiger charge is 2.48. The van der Waals surface area contributed by atoms with Gasteiger partial charge < -0.3 is 25.0 Å². The van der Waals surface area contributed by atoms with Crippen molar-refractivity contribution in [2.75, 3.05) is 32.9 Å². The number of fused-ring (bicyclic) bond motifs is 1. The van der Waals surface area contributed by atoms with Gasteiger partial charge in [-0.2, -0.15) is 26.3 Å². The smallest absolute Gasteiger partial charge is 0.475 e. The van der Waals surface area contributed by atoms with Crippen LogP contribution in [0.2, 0.25) is 0 Å². The van der Waals surface area contributed by atoms with E-state index in [1.54, 1.807) is 6.07 Å². The van der Waals surface area contributed by atoms with Crippen LogP contribution in [0.5, 0.6) is 5.88 Å². The van der Waals surface area contributed by atoms with Crippen LogP contribution in [0.4, 0.5) is 30.7 Å². The molecule has 1 aromatic heterocycles. The summed E-state index contributed by atoms with van der Waals surface area (Å²) in [5.41, 5.74) is -0.00996. The molecule has 2 atom stereocenters. The number of nitrogens with one attached hydrogen (secondary N) is 1. The van der Waals surface area contributed by atoms with E-state index in [2.05, 4.69) is 10.3 Å². The molecule has 176 valence electrons. The summed E-state index contributed by atoms with van der Waals surface area (Å²) in [5, 5.41) is 17.6. The van der Waals surface area contributed by atoms with Gasteiger partial charge in [-0.25, -0.2) is 19.0 Å². The first kappa shape index (κ1) is 26.4. The number of pyridine rings is 1. The molecule has 8 nitrogen and oxygen atoms in total. The van der Waals surface area contributed by atoms with Gasteiger partial charge in [0.1, 0.15) is 0 Å². The van der Waals surface area contributed by atoms with E-state index in [1.807, 2.05) is 0 Å². The van der Waals surface area contributed by atoms with Crippen LogP contribution in [0.1, 0.15) is 0 Å². The predicted molar refractivity (Wildman–Crippen MR) is 86.7 cm³/mol. The van der Waals surface area contributed by atoms with Crippen LogP contribution in [0.25, 0.3) is 0 Å². The van der Waals surface area contributed by atoms with Gasteiger partial charge in [0.15, 0.2) is 5.82 Å². The number of hydrogen-bond donors (Lipinski definition) is 3. The van der Waals surface area contributed by atoms with Gasteiger partial charge in [-0.15, -0.1) is 0 Å². The van der Waals surface area contributed by atoms with Gasteiger partial charge >= 0.3 is 24.3 Å². The number of hydrogen-bond acceptors (Lipinski definition) is 6. The number of alkyl halides is 6. The van der Waals surface area contributed by atoms with Crippen molar-refractivity contribution in [3.05, 3.63) is 24.1 Å². The molecule has 0 saturated carbocycles. The average molecular weight is 466 g/mol. The van der Waals surface area contributed by atoms with Crippen LogP contribution in [0.3, 0.4) is 0 Å². The van der Waals surface area contributed by atoms with Gasteiger partial charge in [0, 0.05) is 30.6 Å². The number of aromatic nitrogens is 1. The normalized spacial score (nSPS) is 22.4. The lowest BCUT2D eigenvalue weighted by Crippen LogP contribution is -2.36. The first-order valence-corrected chi connectivity index (χ1v) is 8.31. The predicted octanol–water partition coefficient (Wildman–Crippen LogP) is 2.10. The molecule has 0 unspecified atom stereocenters. The second kappa shape index (κ2) is 10.6. The minimum absolute atomic E-state index is 0.00996. The fourth-order valence-electron chi connectivity index (χ4n) is 2.57. The largest absolute Gasteiger partial charge is 0.490 e. The van der Waals surface area contributed by atoms with E-state index in [4.69, 9.17) is 29.3 Å². The molecular weight excluding hydrogens is 449 g/mol. The summed E-state index contributed by atoms with van der Waals surface area (Å²) in [6.45, 7) is 3.72. The average Bonchev–Trinajstić information content (AvgIpc) is 3.20. The minimum Gasteiger partial charge on any atom is -0.475 e. The maximum absolute atomic E-state index is 13.4. The maximum Gasteiger partial charge on any atom is 0.490 e. The van der Waals surface area contributed by atoms with Gasteiger partial charge in [-0.05, 0) is 12.1 Å². The molecule has 2 saturated heterocycles. The molecule has 2 fully saturated rings. The Kier molecular flexibility index (Phi) is 8.98. The first-order chi connectivity index (χ1) is 14.2. The van der Waals surface area contributed by atoms with E-state index in [0.717, 1.165) is 19.7 Å². The maximum atomic E-state index is 13.4. The lowest BCUT2D eigenvalue weighted by Gasteiger charge is -2.25. The Hall–Kier alpha value is -2.68. The summed E-state index contributed by atoms with van der Waals surface area (Å²) in [5.74, 6) is -5.38. The molecule has 31 heavy (non-hydrogen) atoms. The fraction of sp³-hybridized carbons (Fsp3) is 0.562. The molecule has 0 bridgehead atoms. The van der Waals surface area contributed by atoms with E-state index < -0.39 is 30.1 Å². The van der Waals surface area contributed by atoms with E-state index in [0.29, 0.717) is 19.1 Å². The molecule has 3 N–H and O–H groups in total. The van der Waals surface area contributed by atoms with Gasteiger partial charge in [-0.1, -0.05) is 0 Å². The van der Waals surface area contributed by atoms with Crippen LogP contribution < -0.4 is 10.1 Å². The molecule has 1 aromatic rings. The Morgan fingerprint density at radius 1 is 1.19 bits per heavy atom. The molecule has 0 radical (unpaired) electrons. The van der Waals surface area contributed by atoms with E-state index in [-0.39, 0.29) is 11.3 Å². The number of aliphatic carboxylic acids is 2. The molecule has 0 aromatic carbocycles. The summed E-state index contributed by atoms with van der Waals surface area (Å²) >= 11 is 0. The lowest BCUT2D eigenvalue weighted by molar-refractivity contribution is -0.193. The van der Waals surface area contributed by atoms with Crippen LogP contribution >= 0.6 is 0 Å². The molecule has 2 aliphatic heterocycles. The SMILES string of the molecule is Fc1cccnc1OC[C@@]12CNC[C@@H]1COC2.O=C(O)C(F)(F)F.O=C(O)C(F)(F)F. The van der Waals surface area contributed by atoms with Crippen LogP contribution in [-0.2, 0) is 14.3 Å². The van der Waals surface area contributed by atoms with Crippen molar-refractivity contribution in [3.63, 3.8) is 0 Å². The summed E-state index contributed by atoms with van der Waals surface area (Å²) in [7, 11) is 0. The van der Waals surface area contributed by atoms with Crippen LogP contribution in [-0.4, -0.2) is 72.4 Å². The summed E-state index contributed by atoms with van der Waals surface area (Å²) in [6, 6.07) is 2.91. The van der Waals surface area contributed by atoms with Crippen molar-refractivity contribution >= 4 is 11.9 Å². The van der Waals surface area contributed by atoms with Crippen molar-refractivity contribution in [2.45, 2.75) is 12.4 Å². The number of rotatable bonds is 3. The zero-order valence-electron chi connectivity index (χ0n) is 15.5. The number of ether oxygens (including phenoxy) is 2. The third-order valence-corrected chi connectivity index (χ3v) is 4.15. The van der Waals surface area contributed by atoms with Crippen LogP contribution in [0.15, 0.2) is 18.3 Å².